The van der Waals surface area contributed by atoms with Crippen LogP contribution in [0.15, 0.2) is 25.3 Å². The molecule has 0 rings (SSSR count). The summed E-state index contributed by atoms with van der Waals surface area (Å²) in [6.07, 6.45) is 34.0. The highest BCUT2D eigenvalue weighted by atomic mass is 17.6. The molecule has 6 heteroatoms. The molecule has 0 amide bonds. The Hall–Kier alpha value is -1.21. The second-order valence-electron chi connectivity index (χ2n) is 11.7. The summed E-state index contributed by atoms with van der Waals surface area (Å²) in [6, 6.07) is 0. The highest BCUT2D eigenvalue weighted by molar-refractivity contribution is 5.72. The lowest BCUT2D eigenvalue weighted by Crippen LogP contribution is -2.25. The molecule has 0 aromatic carbocycles. The summed E-state index contributed by atoms with van der Waals surface area (Å²) in [5.74, 6) is 0.111. The van der Waals surface area contributed by atoms with Crippen molar-refractivity contribution in [2.24, 2.45) is 5.92 Å². The molecule has 0 radical (unpaired) electrons. The van der Waals surface area contributed by atoms with E-state index in [0.29, 0.717) is 6.61 Å². The molecule has 1 atom stereocenters. The van der Waals surface area contributed by atoms with Crippen molar-refractivity contribution in [3.05, 3.63) is 25.3 Å². The van der Waals surface area contributed by atoms with Gasteiger partial charge in [0.1, 0.15) is 6.10 Å². The van der Waals surface area contributed by atoms with E-state index in [-0.39, 0.29) is 18.0 Å². The van der Waals surface area contributed by atoms with Crippen LogP contribution in [0.5, 0.6) is 0 Å². The highest BCUT2D eigenvalue weighted by Gasteiger charge is 2.23. The van der Waals surface area contributed by atoms with Gasteiger partial charge in [-0.2, -0.15) is 0 Å². The van der Waals surface area contributed by atoms with E-state index in [1.54, 1.807) is 0 Å². The summed E-state index contributed by atoms with van der Waals surface area (Å²) < 4.78 is 6.16. The maximum absolute atomic E-state index is 13.3. The van der Waals surface area contributed by atoms with E-state index < -0.39 is 0 Å². The Kier molecular flexibility index (Phi) is 32.3. The molecule has 0 heterocycles. The monoisotopic (exact) mass is 582 g/mol. The van der Waals surface area contributed by atoms with Crippen molar-refractivity contribution in [1.82, 2.24) is 0 Å². The third-order valence-corrected chi connectivity index (χ3v) is 7.98. The number of carbonyl (C=O) groups is 1. The lowest BCUT2D eigenvalue weighted by Gasteiger charge is -2.22. The van der Waals surface area contributed by atoms with Crippen molar-refractivity contribution in [3.8, 4) is 0 Å². The predicted molar refractivity (Wildman–Crippen MR) is 170 cm³/mol. The molecule has 41 heavy (non-hydrogen) atoms. The molecular weight excluding hydrogens is 516 g/mol. The first-order chi connectivity index (χ1) is 20.2. The Balaban J connectivity index is 4.46. The molecule has 0 saturated heterocycles. The zero-order valence-corrected chi connectivity index (χ0v) is 26.8. The lowest BCUT2D eigenvalue weighted by molar-refractivity contribution is -0.623. The van der Waals surface area contributed by atoms with Gasteiger partial charge >= 0.3 is 5.97 Å². The van der Waals surface area contributed by atoms with Crippen LogP contribution in [0.4, 0.5) is 0 Å². The first kappa shape index (κ1) is 39.8. The van der Waals surface area contributed by atoms with Gasteiger partial charge in [-0.25, -0.2) is 10.1 Å². The number of esters is 1. The molecule has 1 unspecified atom stereocenters. The van der Waals surface area contributed by atoms with Crippen LogP contribution in [0.2, 0.25) is 0 Å². The first-order valence-electron chi connectivity index (χ1n) is 17.2. The topological polar surface area (TPSA) is 74.2 Å². The second-order valence-corrected chi connectivity index (χ2v) is 11.7. The van der Waals surface area contributed by atoms with Crippen molar-refractivity contribution in [2.45, 2.75) is 180 Å². The van der Waals surface area contributed by atoms with Gasteiger partial charge in [0.2, 0.25) is 0 Å². The van der Waals surface area contributed by atoms with Crippen molar-refractivity contribution < 1.29 is 29.8 Å². The molecule has 0 fully saturated rings. The Morgan fingerprint density at radius 3 is 1.54 bits per heavy atom. The van der Waals surface area contributed by atoms with E-state index in [2.05, 4.69) is 35.0 Å². The third kappa shape index (κ3) is 28.7. The van der Waals surface area contributed by atoms with Crippen LogP contribution in [-0.4, -0.2) is 23.9 Å². The lowest BCUT2D eigenvalue weighted by atomic mass is 9.93. The normalized spacial score (nSPS) is 12.1. The van der Waals surface area contributed by atoms with Gasteiger partial charge in [0.05, 0.1) is 12.5 Å². The van der Waals surface area contributed by atoms with Crippen molar-refractivity contribution in [1.29, 1.82) is 0 Å². The average molecular weight is 583 g/mol. The standard InChI is InChI=1S/C35H66O6/c1-4-7-9-11-13-15-17-20-24-29-33(30-25-21-18-16-14-12-10-8-5-2)35(36)39-34(28-6-3)31-26-22-19-23-27-32-38-41-40-37/h4-5,33-34,37H,1-2,6-32H2,3H3. The minimum Gasteiger partial charge on any atom is -0.462 e. The Morgan fingerprint density at radius 2 is 1.07 bits per heavy atom. The molecule has 0 aliphatic rings. The summed E-state index contributed by atoms with van der Waals surface area (Å²) in [5, 5.41) is 15.5. The predicted octanol–water partition coefficient (Wildman–Crippen LogP) is 11.4. The number of rotatable bonds is 34. The molecule has 1 N–H and O–H groups in total. The van der Waals surface area contributed by atoms with Gasteiger partial charge in [0, 0.05) is 0 Å². The number of unbranched alkanes of at least 4 members (excludes halogenated alkanes) is 18. The van der Waals surface area contributed by atoms with E-state index in [9.17, 15) is 4.79 Å². The van der Waals surface area contributed by atoms with Crippen molar-refractivity contribution in [2.75, 3.05) is 6.61 Å². The highest BCUT2D eigenvalue weighted by Crippen LogP contribution is 2.23. The minimum atomic E-state index is 0.0413. The van der Waals surface area contributed by atoms with E-state index in [4.69, 9.17) is 9.99 Å². The number of allylic oxidation sites excluding steroid dienone is 2. The number of carbonyl (C=O) groups excluding carboxylic acids is 1. The number of hydrogen-bond acceptors (Lipinski definition) is 6. The van der Waals surface area contributed by atoms with Crippen molar-refractivity contribution in [3.63, 3.8) is 0 Å². The molecule has 0 bridgehead atoms. The maximum Gasteiger partial charge on any atom is 0.309 e. The van der Waals surface area contributed by atoms with E-state index in [1.807, 2.05) is 12.2 Å². The van der Waals surface area contributed by atoms with Gasteiger partial charge < -0.3 is 4.74 Å². The van der Waals surface area contributed by atoms with Crippen LogP contribution < -0.4 is 0 Å². The van der Waals surface area contributed by atoms with Crippen LogP contribution in [0.25, 0.3) is 0 Å². The summed E-state index contributed by atoms with van der Waals surface area (Å²) in [5.41, 5.74) is 0. The van der Waals surface area contributed by atoms with Gasteiger partial charge in [-0.1, -0.05) is 122 Å². The fourth-order valence-corrected chi connectivity index (χ4v) is 5.47. The van der Waals surface area contributed by atoms with Crippen LogP contribution in [0.1, 0.15) is 174 Å². The van der Waals surface area contributed by atoms with Gasteiger partial charge in [-0.05, 0) is 74.3 Å². The molecular formula is C35H66O6. The molecule has 0 aliphatic carbocycles. The summed E-state index contributed by atoms with van der Waals surface area (Å²) in [7, 11) is 0. The smallest absolute Gasteiger partial charge is 0.309 e. The SMILES string of the molecule is C=CCCCCCCCCCC(CCCCCCCCCC=C)C(=O)OC(CCC)CCCCCCCOOOO. The van der Waals surface area contributed by atoms with Crippen LogP contribution in [-0.2, 0) is 24.5 Å². The average Bonchev–Trinajstić information content (AvgIpc) is 2.97. The third-order valence-electron chi connectivity index (χ3n) is 7.98. The van der Waals surface area contributed by atoms with Gasteiger partial charge in [-0.15, -0.1) is 13.2 Å². The van der Waals surface area contributed by atoms with Crippen molar-refractivity contribution >= 4 is 5.97 Å². The van der Waals surface area contributed by atoms with Gasteiger partial charge in [-0.3, -0.25) is 4.79 Å². The minimum absolute atomic E-state index is 0.0413. The van der Waals surface area contributed by atoms with Gasteiger partial charge in [0.25, 0.3) is 0 Å². The first-order valence-corrected chi connectivity index (χ1v) is 17.2. The zero-order valence-electron chi connectivity index (χ0n) is 26.8. The molecule has 0 spiro atoms. The molecule has 0 aromatic heterocycles. The number of ether oxygens (including phenoxy) is 1. The fourth-order valence-electron chi connectivity index (χ4n) is 5.47. The maximum atomic E-state index is 13.3. The molecule has 0 aliphatic heterocycles. The molecule has 0 aromatic rings. The van der Waals surface area contributed by atoms with E-state index >= 15 is 0 Å². The summed E-state index contributed by atoms with van der Waals surface area (Å²) in [6.45, 7) is 10.2. The van der Waals surface area contributed by atoms with Crippen LogP contribution in [0, 0.1) is 5.92 Å². The Morgan fingerprint density at radius 1 is 0.634 bits per heavy atom. The quantitative estimate of drug-likeness (QED) is 0.0267. The van der Waals surface area contributed by atoms with E-state index in [0.717, 1.165) is 89.9 Å². The number of hydrogen-bond donors (Lipinski definition) is 1. The fraction of sp³-hybridized carbons (Fsp3) is 0.857. The van der Waals surface area contributed by atoms with Crippen LogP contribution in [0.3, 0.4) is 0 Å². The van der Waals surface area contributed by atoms with Gasteiger partial charge in [0.15, 0.2) is 0 Å². The Labute approximate surface area is 253 Å². The molecule has 242 valence electrons. The second kappa shape index (κ2) is 33.3. The Bertz CT molecular complexity index is 541. The largest absolute Gasteiger partial charge is 0.462 e. The summed E-state index contributed by atoms with van der Waals surface area (Å²) >= 11 is 0. The molecule has 0 saturated carbocycles. The van der Waals surface area contributed by atoms with Crippen LogP contribution >= 0.6 is 0 Å². The summed E-state index contributed by atoms with van der Waals surface area (Å²) in [4.78, 5) is 18.0. The zero-order chi connectivity index (χ0) is 30.1. The van der Waals surface area contributed by atoms with E-state index in [1.165, 1.54) is 77.0 Å². The molecule has 6 nitrogen and oxygen atoms in total.